The van der Waals surface area contributed by atoms with E-state index in [1.54, 1.807) is 24.3 Å². The number of carbonyl (C=O) groups is 3. The molecule has 0 fully saturated rings. The van der Waals surface area contributed by atoms with Crippen LogP contribution in [0.3, 0.4) is 0 Å². The minimum atomic E-state index is -1.33. The molecule has 0 amide bonds. The molecule has 0 aliphatic rings. The summed E-state index contributed by atoms with van der Waals surface area (Å²) in [6, 6.07) is 5.43. The predicted octanol–water partition coefficient (Wildman–Crippen LogP) is 1.80. The lowest BCUT2D eigenvalue weighted by molar-refractivity contribution is -0.140. The zero-order valence-electron chi connectivity index (χ0n) is 10.0. The van der Waals surface area contributed by atoms with Gasteiger partial charge in [0.1, 0.15) is 11.7 Å². The van der Waals surface area contributed by atoms with Gasteiger partial charge in [-0.15, -0.1) is 0 Å². The number of hydrogen-bond donors (Lipinski definition) is 2. The summed E-state index contributed by atoms with van der Waals surface area (Å²) in [5.74, 6) is -2.49. The second-order valence-corrected chi connectivity index (χ2v) is 4.09. The third-order valence-corrected chi connectivity index (χ3v) is 3.01. The van der Waals surface area contributed by atoms with E-state index in [-0.39, 0.29) is 11.3 Å². The number of fused-ring (bicyclic) bond motifs is 1. The first-order chi connectivity index (χ1) is 8.99. The van der Waals surface area contributed by atoms with Crippen molar-refractivity contribution < 1.29 is 24.6 Å². The quantitative estimate of drug-likeness (QED) is 0.818. The molecule has 2 aromatic rings. The van der Waals surface area contributed by atoms with E-state index in [9.17, 15) is 19.5 Å². The Morgan fingerprint density at radius 1 is 1.26 bits per heavy atom. The summed E-state index contributed by atoms with van der Waals surface area (Å²) >= 11 is 0. The Balaban J connectivity index is 2.94. The summed E-state index contributed by atoms with van der Waals surface area (Å²) < 4.78 is 1.16. The molecule has 1 aromatic heterocycles. The van der Waals surface area contributed by atoms with E-state index in [1.807, 2.05) is 0 Å². The van der Waals surface area contributed by atoms with Crippen LogP contribution in [-0.2, 0) is 4.79 Å². The van der Waals surface area contributed by atoms with E-state index in [0.29, 0.717) is 17.2 Å². The van der Waals surface area contributed by atoms with E-state index in [0.717, 1.165) is 4.57 Å². The Hall–Kier alpha value is -2.63. The van der Waals surface area contributed by atoms with E-state index < -0.39 is 18.0 Å². The molecule has 0 saturated heterocycles. The third kappa shape index (κ3) is 1.87. The number of nitrogens with zero attached hydrogens (tertiary/aromatic N) is 1. The van der Waals surface area contributed by atoms with Crippen LogP contribution in [0, 0.1) is 0 Å². The van der Waals surface area contributed by atoms with Crippen LogP contribution in [0.4, 0.5) is 0 Å². The molecule has 0 aliphatic heterocycles. The Morgan fingerprint density at radius 2 is 1.89 bits per heavy atom. The van der Waals surface area contributed by atoms with Crippen LogP contribution in [0.15, 0.2) is 24.3 Å². The fourth-order valence-corrected chi connectivity index (χ4v) is 2.14. The fourth-order valence-electron chi connectivity index (χ4n) is 2.14. The first kappa shape index (κ1) is 12.8. The molecule has 0 bridgehead atoms. The number of aliphatic carboxylic acids is 1. The van der Waals surface area contributed by atoms with Crippen LogP contribution in [-0.4, -0.2) is 33.0 Å². The Kier molecular flexibility index (Phi) is 3.08. The topological polar surface area (TPSA) is 96.6 Å². The van der Waals surface area contributed by atoms with Gasteiger partial charge in [-0.1, -0.05) is 18.2 Å². The second kappa shape index (κ2) is 4.56. The van der Waals surface area contributed by atoms with Gasteiger partial charge in [0.15, 0.2) is 6.29 Å². The van der Waals surface area contributed by atoms with Crippen LogP contribution in [0.25, 0.3) is 10.9 Å². The van der Waals surface area contributed by atoms with Crippen molar-refractivity contribution >= 4 is 29.1 Å². The molecule has 2 rings (SSSR count). The largest absolute Gasteiger partial charge is 0.480 e. The molecule has 19 heavy (non-hydrogen) atoms. The van der Waals surface area contributed by atoms with E-state index in [4.69, 9.17) is 5.11 Å². The molecule has 2 N–H and O–H groups in total. The lowest BCUT2D eigenvalue weighted by atomic mass is 10.1. The summed E-state index contributed by atoms with van der Waals surface area (Å²) in [5.41, 5.74) is 0.110. The minimum Gasteiger partial charge on any atom is -0.480 e. The summed E-state index contributed by atoms with van der Waals surface area (Å²) in [6.07, 6.45) is 0.441. The summed E-state index contributed by atoms with van der Waals surface area (Å²) in [5, 5.41) is 18.8. The summed E-state index contributed by atoms with van der Waals surface area (Å²) in [6.45, 7) is 1.37. The van der Waals surface area contributed by atoms with Gasteiger partial charge in [-0.05, 0) is 13.0 Å². The van der Waals surface area contributed by atoms with Crippen molar-refractivity contribution in [2.24, 2.45) is 0 Å². The molecule has 0 spiro atoms. The highest BCUT2D eigenvalue weighted by molar-refractivity contribution is 6.08. The highest BCUT2D eigenvalue weighted by atomic mass is 16.4. The van der Waals surface area contributed by atoms with Gasteiger partial charge in [-0.3, -0.25) is 4.79 Å². The molecule has 1 atom stereocenters. The molecule has 1 aromatic carbocycles. The zero-order valence-corrected chi connectivity index (χ0v) is 10.0. The maximum absolute atomic E-state index is 11.3. The average Bonchev–Trinajstić information content (AvgIpc) is 2.71. The molecule has 6 heteroatoms. The Labute approximate surface area is 107 Å². The molecule has 1 unspecified atom stereocenters. The standard InChI is InChI=1S/C13H11NO5/c1-7(12(16)17)14-10-5-3-2-4-8(10)9(6-15)11(14)13(18)19/h2-7H,1H3,(H,16,17)(H,18,19). The average molecular weight is 261 g/mol. The lowest BCUT2D eigenvalue weighted by Gasteiger charge is -2.12. The smallest absolute Gasteiger partial charge is 0.353 e. The lowest BCUT2D eigenvalue weighted by Crippen LogP contribution is -2.20. The maximum atomic E-state index is 11.3. The van der Waals surface area contributed by atoms with Crippen LogP contribution in [0.2, 0.25) is 0 Å². The van der Waals surface area contributed by atoms with Crippen LogP contribution in [0.1, 0.15) is 33.8 Å². The van der Waals surface area contributed by atoms with Crippen molar-refractivity contribution in [2.75, 3.05) is 0 Å². The molecule has 98 valence electrons. The number of aromatic nitrogens is 1. The number of carboxylic acid groups (broad SMARTS) is 2. The van der Waals surface area contributed by atoms with E-state index in [2.05, 4.69) is 0 Å². The van der Waals surface area contributed by atoms with E-state index >= 15 is 0 Å². The number of aromatic carboxylic acids is 1. The van der Waals surface area contributed by atoms with Gasteiger partial charge >= 0.3 is 11.9 Å². The predicted molar refractivity (Wildman–Crippen MR) is 66.6 cm³/mol. The van der Waals surface area contributed by atoms with Crippen molar-refractivity contribution in [3.8, 4) is 0 Å². The molecular weight excluding hydrogens is 250 g/mol. The third-order valence-electron chi connectivity index (χ3n) is 3.01. The van der Waals surface area contributed by atoms with E-state index in [1.165, 1.54) is 6.92 Å². The van der Waals surface area contributed by atoms with Gasteiger partial charge in [0.2, 0.25) is 0 Å². The molecule has 0 radical (unpaired) electrons. The number of para-hydroxylation sites is 1. The maximum Gasteiger partial charge on any atom is 0.353 e. The number of carbonyl (C=O) groups excluding carboxylic acids is 1. The molecular formula is C13H11NO5. The van der Waals surface area contributed by atoms with Crippen LogP contribution in [0.5, 0.6) is 0 Å². The molecule has 6 nitrogen and oxygen atoms in total. The number of aldehydes is 1. The van der Waals surface area contributed by atoms with Gasteiger partial charge in [-0.25, -0.2) is 9.59 Å². The fraction of sp³-hybridized carbons (Fsp3) is 0.154. The van der Waals surface area contributed by atoms with Crippen LogP contribution >= 0.6 is 0 Å². The normalized spacial score (nSPS) is 12.3. The number of rotatable bonds is 4. The Morgan fingerprint density at radius 3 is 2.42 bits per heavy atom. The zero-order chi connectivity index (χ0) is 14.2. The van der Waals surface area contributed by atoms with Crippen molar-refractivity contribution in [3.63, 3.8) is 0 Å². The second-order valence-electron chi connectivity index (χ2n) is 4.09. The van der Waals surface area contributed by atoms with Gasteiger partial charge in [0.25, 0.3) is 0 Å². The first-order valence-electron chi connectivity index (χ1n) is 5.53. The molecule has 0 aliphatic carbocycles. The van der Waals surface area contributed by atoms with Crippen LogP contribution < -0.4 is 0 Å². The van der Waals surface area contributed by atoms with Crippen molar-refractivity contribution in [1.82, 2.24) is 4.57 Å². The summed E-state index contributed by atoms with van der Waals surface area (Å²) in [7, 11) is 0. The highest BCUT2D eigenvalue weighted by Crippen LogP contribution is 2.28. The highest BCUT2D eigenvalue weighted by Gasteiger charge is 2.27. The van der Waals surface area contributed by atoms with Gasteiger partial charge in [0, 0.05) is 5.39 Å². The van der Waals surface area contributed by atoms with Crippen molar-refractivity contribution in [1.29, 1.82) is 0 Å². The van der Waals surface area contributed by atoms with Gasteiger partial charge < -0.3 is 14.8 Å². The molecule has 1 heterocycles. The summed E-state index contributed by atoms with van der Waals surface area (Å²) in [4.78, 5) is 33.6. The number of hydrogen-bond acceptors (Lipinski definition) is 3. The monoisotopic (exact) mass is 261 g/mol. The first-order valence-corrected chi connectivity index (χ1v) is 5.53. The minimum absolute atomic E-state index is 0.00352. The van der Waals surface area contributed by atoms with Gasteiger partial charge in [0.05, 0.1) is 11.1 Å². The number of benzene rings is 1. The van der Waals surface area contributed by atoms with Crippen molar-refractivity contribution in [2.45, 2.75) is 13.0 Å². The van der Waals surface area contributed by atoms with Gasteiger partial charge in [-0.2, -0.15) is 0 Å². The SMILES string of the molecule is CC(C(=O)O)n1c(C(=O)O)c(C=O)c2ccccc21. The van der Waals surface area contributed by atoms with Crippen molar-refractivity contribution in [3.05, 3.63) is 35.5 Å². The molecule has 0 saturated carbocycles. The Bertz CT molecular complexity index is 686. The number of carboxylic acids is 2.